The van der Waals surface area contributed by atoms with Crippen molar-refractivity contribution in [1.29, 1.82) is 5.26 Å². The number of sulfonamides is 1. The van der Waals surface area contributed by atoms with E-state index >= 15 is 0 Å². The number of carboxylic acid groups (broad SMARTS) is 1. The van der Waals surface area contributed by atoms with Crippen LogP contribution in [0.25, 0.3) is 0 Å². The molecule has 2 saturated carbocycles. The van der Waals surface area contributed by atoms with E-state index in [0.29, 0.717) is 5.69 Å². The lowest BCUT2D eigenvalue weighted by Crippen LogP contribution is -2.77. The third kappa shape index (κ3) is 4.17. The van der Waals surface area contributed by atoms with Crippen LogP contribution >= 0.6 is 0 Å². The molecule has 258 valence electrons. The number of benzene rings is 2. The first-order valence-corrected chi connectivity index (χ1v) is 17.4. The van der Waals surface area contributed by atoms with Gasteiger partial charge in [0.1, 0.15) is 23.2 Å². The zero-order valence-corrected chi connectivity index (χ0v) is 27.9. The molecule has 2 aromatic carbocycles. The van der Waals surface area contributed by atoms with Gasteiger partial charge in [0.05, 0.1) is 31.3 Å². The van der Waals surface area contributed by atoms with Crippen molar-refractivity contribution >= 4 is 45.4 Å². The van der Waals surface area contributed by atoms with E-state index < -0.39 is 86.8 Å². The number of β-lactam (4-membered cyclic amide) rings is 1. The molecule has 0 bridgehead atoms. The number of carbonyl (C=O) groups is 5. The average Bonchev–Trinajstić information content (AvgIpc) is 3.71. The minimum Gasteiger partial charge on any atom is -0.480 e. The standard InChI is InChI=1S/C33H31N7O9S/c1-16(2)23(29(43)44)39-31(46)32-22(21-14-35-15-36-21)25(32)33(32,39)40-26(30(45)49-3)38(24(28(40)42)18-10-8-17(13-34)9-11-18)27(41)19-6-5-7-20(12-19)37-50(4,47)48/h5-12,14-16,22-26,37H,1-4H3,(H,35,36)(H,43,44)/t22?,23-,24?,25+,26?,32+,33+/m0/s1. The molecule has 3 amide bonds. The molecule has 3 aromatic rings. The Morgan fingerprint density at radius 2 is 1.84 bits per heavy atom. The number of anilines is 1. The molecule has 3 unspecified atom stereocenters. The Bertz CT molecular complexity index is 2130. The number of piperidine rings is 1. The first kappa shape index (κ1) is 32.8. The molecule has 2 aliphatic heterocycles. The molecule has 17 heteroatoms. The number of ether oxygens (including phenoxy) is 1. The number of carbonyl (C=O) groups excluding carboxylic acids is 4. The number of methoxy groups -OCH3 is 1. The number of nitrogens with zero attached hydrogens (tertiary/aromatic N) is 5. The van der Waals surface area contributed by atoms with Crippen molar-refractivity contribution in [2.75, 3.05) is 18.1 Å². The number of nitrogens with one attached hydrogen (secondary N) is 2. The smallest absolute Gasteiger partial charge is 0.349 e. The number of imidazole rings is 1. The van der Waals surface area contributed by atoms with Gasteiger partial charge in [-0.2, -0.15) is 5.26 Å². The van der Waals surface area contributed by atoms with Crippen LogP contribution in [0.3, 0.4) is 0 Å². The van der Waals surface area contributed by atoms with Crippen LogP contribution in [-0.2, 0) is 33.9 Å². The van der Waals surface area contributed by atoms with E-state index in [1.165, 1.54) is 54.9 Å². The molecule has 7 atom stereocenters. The molecule has 3 N–H and O–H groups in total. The highest BCUT2D eigenvalue weighted by Gasteiger charge is 3.12. The summed E-state index contributed by atoms with van der Waals surface area (Å²) < 4.78 is 31.5. The number of amides is 3. The van der Waals surface area contributed by atoms with Crippen molar-refractivity contribution in [2.45, 2.75) is 43.7 Å². The van der Waals surface area contributed by atoms with Crippen molar-refractivity contribution in [2.24, 2.45) is 17.3 Å². The van der Waals surface area contributed by atoms with Crippen molar-refractivity contribution in [3.05, 3.63) is 83.4 Å². The lowest BCUT2D eigenvalue weighted by atomic mass is 9.79. The van der Waals surface area contributed by atoms with Gasteiger partial charge in [0.2, 0.25) is 22.1 Å². The number of H-pyrrole nitrogens is 1. The normalized spacial score (nSPS) is 28.3. The minimum absolute atomic E-state index is 0.0469. The van der Waals surface area contributed by atoms with Gasteiger partial charge in [-0.1, -0.05) is 32.0 Å². The maximum absolute atomic E-state index is 15.0. The second kappa shape index (κ2) is 10.9. The number of hydrogen-bond acceptors (Lipinski definition) is 10. The van der Waals surface area contributed by atoms with Crippen molar-refractivity contribution in [3.8, 4) is 6.07 Å². The molecule has 7 rings (SSSR count). The van der Waals surface area contributed by atoms with Crippen molar-refractivity contribution in [1.82, 2.24) is 24.7 Å². The first-order chi connectivity index (χ1) is 23.7. The third-order valence-corrected chi connectivity index (χ3v) is 10.8. The molecule has 0 radical (unpaired) electrons. The lowest BCUT2D eigenvalue weighted by Gasteiger charge is -2.57. The summed E-state index contributed by atoms with van der Waals surface area (Å²) in [5.74, 6) is -6.18. The summed E-state index contributed by atoms with van der Waals surface area (Å²) in [6.07, 6.45) is 2.13. The second-order valence-electron chi connectivity index (χ2n) is 13.2. The SMILES string of the molecule is COC(=O)C1N(C(=O)c2cccc(NS(C)(=O)=O)c2)C(c2ccc(C#N)cc2)C(=O)N1[C@]12[C@@H]3C(c4cnc[nH]4)[C@]31C(=O)N2[C@H](C(=O)O)C(C)C. The predicted octanol–water partition coefficient (Wildman–Crippen LogP) is 1.24. The van der Waals surface area contributed by atoms with Crippen LogP contribution in [0.2, 0.25) is 0 Å². The van der Waals surface area contributed by atoms with Crippen LogP contribution in [-0.4, -0.2) is 99.1 Å². The number of aliphatic carboxylic acids is 1. The van der Waals surface area contributed by atoms with Gasteiger partial charge in [-0.3, -0.25) is 28.9 Å². The largest absolute Gasteiger partial charge is 0.480 e. The highest BCUT2D eigenvalue weighted by molar-refractivity contribution is 7.92. The number of carboxylic acids is 1. The number of hydrogen-bond donors (Lipinski definition) is 3. The molecular formula is C33H31N7O9S. The Balaban J connectivity index is 1.41. The van der Waals surface area contributed by atoms with Gasteiger partial charge in [0, 0.05) is 35.0 Å². The second-order valence-corrected chi connectivity index (χ2v) is 14.9. The highest BCUT2D eigenvalue weighted by atomic mass is 32.2. The molecule has 2 saturated heterocycles. The maximum Gasteiger partial charge on any atom is 0.349 e. The molecule has 3 heterocycles. The van der Waals surface area contributed by atoms with Gasteiger partial charge in [-0.25, -0.2) is 23.0 Å². The summed E-state index contributed by atoms with van der Waals surface area (Å²) in [5.41, 5.74) is -1.84. The van der Waals surface area contributed by atoms with Crippen molar-refractivity contribution in [3.63, 3.8) is 0 Å². The van der Waals surface area contributed by atoms with E-state index in [4.69, 9.17) is 4.74 Å². The number of fused-ring (bicyclic) bond motifs is 1. The average molecular weight is 702 g/mol. The van der Waals surface area contributed by atoms with Crippen LogP contribution in [0.1, 0.15) is 53.0 Å². The summed E-state index contributed by atoms with van der Waals surface area (Å²) in [6.45, 7) is 3.25. The van der Waals surface area contributed by atoms with Gasteiger partial charge in [0.25, 0.3) is 11.8 Å². The molecule has 1 spiro atoms. The quantitative estimate of drug-likeness (QED) is 0.201. The van der Waals surface area contributed by atoms with E-state index in [9.17, 15) is 42.8 Å². The zero-order chi connectivity index (χ0) is 36.1. The summed E-state index contributed by atoms with van der Waals surface area (Å²) in [5, 5.41) is 19.8. The third-order valence-electron chi connectivity index (χ3n) is 10.2. The fourth-order valence-electron chi connectivity index (χ4n) is 8.35. The van der Waals surface area contributed by atoms with E-state index in [0.717, 1.165) is 28.1 Å². The Hall–Kier alpha value is -5.76. The van der Waals surface area contributed by atoms with E-state index in [-0.39, 0.29) is 22.4 Å². The van der Waals surface area contributed by atoms with Gasteiger partial charge in [-0.15, -0.1) is 0 Å². The van der Waals surface area contributed by atoms with E-state index in [2.05, 4.69) is 14.7 Å². The topological polar surface area (TPSA) is 223 Å². The highest BCUT2D eigenvalue weighted by Crippen LogP contribution is 2.98. The van der Waals surface area contributed by atoms with E-state index in [1.54, 1.807) is 20.0 Å². The van der Waals surface area contributed by atoms with Crippen molar-refractivity contribution < 1.29 is 42.2 Å². The van der Waals surface area contributed by atoms with Crippen LogP contribution < -0.4 is 4.72 Å². The number of aromatic amines is 1. The Morgan fingerprint density at radius 3 is 2.38 bits per heavy atom. The number of nitriles is 1. The number of likely N-dealkylation sites (tertiary alicyclic amines) is 1. The fourth-order valence-corrected chi connectivity index (χ4v) is 8.90. The molecule has 4 aliphatic rings. The minimum atomic E-state index is -3.74. The van der Waals surface area contributed by atoms with Crippen LogP contribution in [0.4, 0.5) is 5.69 Å². The Kier molecular flexibility index (Phi) is 7.13. The predicted molar refractivity (Wildman–Crippen MR) is 171 cm³/mol. The van der Waals surface area contributed by atoms with Crippen LogP contribution in [0.5, 0.6) is 0 Å². The van der Waals surface area contributed by atoms with Gasteiger partial charge in [0.15, 0.2) is 0 Å². The summed E-state index contributed by atoms with van der Waals surface area (Å²) in [4.78, 5) is 80.7. The zero-order valence-electron chi connectivity index (χ0n) is 27.1. The molecule has 16 nitrogen and oxygen atoms in total. The van der Waals surface area contributed by atoms with E-state index in [1.807, 2.05) is 6.07 Å². The molecule has 2 aliphatic carbocycles. The fraction of sp³-hybridized carbons (Fsp3) is 0.364. The molecular weight excluding hydrogens is 670 g/mol. The summed E-state index contributed by atoms with van der Waals surface area (Å²) >= 11 is 0. The summed E-state index contributed by atoms with van der Waals surface area (Å²) in [7, 11) is -2.67. The molecule has 50 heavy (non-hydrogen) atoms. The van der Waals surface area contributed by atoms with Gasteiger partial charge < -0.3 is 19.7 Å². The van der Waals surface area contributed by atoms with Crippen LogP contribution in [0.15, 0.2) is 61.1 Å². The Morgan fingerprint density at radius 1 is 1.14 bits per heavy atom. The van der Waals surface area contributed by atoms with Gasteiger partial charge in [-0.05, 0) is 41.8 Å². The molecule has 1 aromatic heterocycles. The lowest BCUT2D eigenvalue weighted by molar-refractivity contribution is -0.202. The molecule has 4 fully saturated rings. The Labute approximate surface area is 285 Å². The first-order valence-electron chi connectivity index (χ1n) is 15.5. The van der Waals surface area contributed by atoms with Crippen LogP contribution in [0, 0.1) is 28.6 Å². The van der Waals surface area contributed by atoms with Gasteiger partial charge >= 0.3 is 11.9 Å². The number of rotatable bonds is 10. The summed E-state index contributed by atoms with van der Waals surface area (Å²) in [6, 6.07) is 10.4. The monoisotopic (exact) mass is 701 g/mol. The number of aromatic nitrogens is 2. The maximum atomic E-state index is 15.0. The number of esters is 1.